The van der Waals surface area contributed by atoms with E-state index in [1.54, 1.807) is 52.2 Å². The largest absolute Gasteiger partial charge is 0.493 e. The molecule has 0 bridgehead atoms. The summed E-state index contributed by atoms with van der Waals surface area (Å²) < 4.78 is 19.1. The van der Waals surface area contributed by atoms with Crippen LogP contribution in [0.3, 0.4) is 0 Å². The number of thiazole rings is 1. The number of methoxy groups -OCH3 is 1. The number of hydrogen-bond donors (Lipinski definition) is 0. The van der Waals surface area contributed by atoms with Crippen molar-refractivity contribution in [3.05, 3.63) is 91.7 Å². The number of nitro groups is 1. The summed E-state index contributed by atoms with van der Waals surface area (Å²) >= 11 is 3.32. The second kappa shape index (κ2) is 11.7. The second-order valence-electron chi connectivity index (χ2n) is 8.57. The molecule has 1 aliphatic rings. The van der Waals surface area contributed by atoms with Gasteiger partial charge in [-0.15, -0.1) is 0 Å². The minimum Gasteiger partial charge on any atom is -0.493 e. The number of ether oxygens (including phenoxy) is 3. The van der Waals surface area contributed by atoms with E-state index in [0.29, 0.717) is 49.8 Å². The standard InChI is InChI=1S/C27H26IN3O7S/c1-6-37-24-18(28)10-16(11-20(24)36-5)12-21-25(32)30-23(17-9-8-14(3)19(13-17)31(34)35)22(26(33)38-7-2)15(4)29-27(30)39-21/h8-13,23H,6-7H2,1-5H3/b21-12+/t23-/m0/s1. The lowest BCUT2D eigenvalue weighted by Gasteiger charge is -2.24. The van der Waals surface area contributed by atoms with E-state index >= 15 is 0 Å². The Morgan fingerprint density at radius 1 is 1.23 bits per heavy atom. The summed E-state index contributed by atoms with van der Waals surface area (Å²) in [7, 11) is 1.55. The maximum absolute atomic E-state index is 13.8. The summed E-state index contributed by atoms with van der Waals surface area (Å²) in [5.41, 5.74) is 1.64. The van der Waals surface area contributed by atoms with Gasteiger partial charge in [0.05, 0.1) is 50.7 Å². The van der Waals surface area contributed by atoms with Crippen LogP contribution in [-0.2, 0) is 9.53 Å². The Balaban J connectivity index is 1.96. The zero-order valence-electron chi connectivity index (χ0n) is 21.9. The molecule has 3 aromatic rings. The van der Waals surface area contributed by atoms with Gasteiger partial charge < -0.3 is 14.2 Å². The Hall–Kier alpha value is -3.52. The Morgan fingerprint density at radius 2 is 1.97 bits per heavy atom. The van der Waals surface area contributed by atoms with Crippen LogP contribution in [0.15, 0.2) is 51.4 Å². The summed E-state index contributed by atoms with van der Waals surface area (Å²) in [6, 6.07) is 7.40. The molecule has 0 saturated heterocycles. The normalized spacial score (nSPS) is 15.0. The Morgan fingerprint density at radius 3 is 2.62 bits per heavy atom. The first-order valence-corrected chi connectivity index (χ1v) is 14.0. The molecule has 0 saturated carbocycles. The van der Waals surface area contributed by atoms with Gasteiger partial charge in [0.1, 0.15) is 0 Å². The summed E-state index contributed by atoms with van der Waals surface area (Å²) in [6.07, 6.45) is 1.72. The number of esters is 1. The molecule has 204 valence electrons. The molecule has 0 spiro atoms. The number of halogens is 1. The molecular weight excluding hydrogens is 637 g/mol. The molecule has 1 atom stereocenters. The summed E-state index contributed by atoms with van der Waals surface area (Å²) in [5.74, 6) is 0.523. The Kier molecular flexibility index (Phi) is 8.54. The van der Waals surface area contributed by atoms with Gasteiger partial charge in [0.15, 0.2) is 16.3 Å². The third kappa shape index (κ3) is 5.48. The van der Waals surface area contributed by atoms with Gasteiger partial charge in [-0.05, 0) is 79.6 Å². The van der Waals surface area contributed by atoms with Gasteiger partial charge in [0.25, 0.3) is 11.2 Å². The van der Waals surface area contributed by atoms with Gasteiger partial charge in [0, 0.05) is 11.6 Å². The minimum atomic E-state index is -0.947. The van der Waals surface area contributed by atoms with Crippen molar-refractivity contribution < 1.29 is 23.9 Å². The van der Waals surface area contributed by atoms with E-state index in [2.05, 4.69) is 27.6 Å². The molecule has 10 nitrogen and oxygen atoms in total. The number of fused-ring (bicyclic) bond motifs is 1. The fourth-order valence-electron chi connectivity index (χ4n) is 4.36. The van der Waals surface area contributed by atoms with Crippen molar-refractivity contribution in [3.8, 4) is 11.5 Å². The van der Waals surface area contributed by atoms with Crippen LogP contribution in [0.4, 0.5) is 5.69 Å². The maximum Gasteiger partial charge on any atom is 0.338 e. The lowest BCUT2D eigenvalue weighted by atomic mass is 9.94. The molecule has 2 heterocycles. The highest BCUT2D eigenvalue weighted by molar-refractivity contribution is 14.1. The molecule has 0 radical (unpaired) electrons. The first-order valence-electron chi connectivity index (χ1n) is 12.1. The molecule has 4 rings (SSSR count). The predicted molar refractivity (Wildman–Crippen MR) is 155 cm³/mol. The number of allylic oxidation sites excluding steroid dienone is 1. The van der Waals surface area contributed by atoms with Crippen LogP contribution in [-0.4, -0.2) is 35.8 Å². The van der Waals surface area contributed by atoms with E-state index in [4.69, 9.17) is 14.2 Å². The van der Waals surface area contributed by atoms with E-state index in [1.807, 2.05) is 13.0 Å². The summed E-state index contributed by atoms with van der Waals surface area (Å²) in [6.45, 7) is 7.46. The number of benzene rings is 2. The third-order valence-corrected chi connectivity index (χ3v) is 7.89. The fraction of sp³-hybridized carbons (Fsp3) is 0.296. The van der Waals surface area contributed by atoms with Crippen molar-refractivity contribution >= 4 is 51.7 Å². The molecule has 39 heavy (non-hydrogen) atoms. The van der Waals surface area contributed by atoms with Gasteiger partial charge in [-0.2, -0.15) is 0 Å². The highest BCUT2D eigenvalue weighted by Gasteiger charge is 2.34. The van der Waals surface area contributed by atoms with Gasteiger partial charge in [-0.25, -0.2) is 9.79 Å². The smallest absolute Gasteiger partial charge is 0.338 e. The van der Waals surface area contributed by atoms with E-state index in [0.717, 1.165) is 3.57 Å². The van der Waals surface area contributed by atoms with Crippen LogP contribution in [0.25, 0.3) is 6.08 Å². The number of aromatic nitrogens is 1. The van der Waals surface area contributed by atoms with E-state index in [1.165, 1.54) is 22.0 Å². The lowest BCUT2D eigenvalue weighted by molar-refractivity contribution is -0.385. The van der Waals surface area contributed by atoms with Crippen LogP contribution in [0.5, 0.6) is 11.5 Å². The predicted octanol–water partition coefficient (Wildman–Crippen LogP) is 4.03. The van der Waals surface area contributed by atoms with Crippen LogP contribution in [0.1, 0.15) is 43.5 Å². The third-order valence-electron chi connectivity index (χ3n) is 6.10. The number of aryl methyl sites for hydroxylation is 1. The molecule has 0 fully saturated rings. The molecule has 0 N–H and O–H groups in total. The molecular formula is C27H26IN3O7S. The zero-order chi connectivity index (χ0) is 28.4. The Labute approximate surface area is 241 Å². The number of nitrogens with zero attached hydrogens (tertiary/aromatic N) is 3. The minimum absolute atomic E-state index is 0.108. The lowest BCUT2D eigenvalue weighted by Crippen LogP contribution is -2.40. The number of carbonyl (C=O) groups is 1. The van der Waals surface area contributed by atoms with Crippen molar-refractivity contribution in [2.45, 2.75) is 33.7 Å². The molecule has 12 heteroatoms. The molecule has 0 aliphatic carbocycles. The first-order chi connectivity index (χ1) is 18.6. The van der Waals surface area contributed by atoms with Gasteiger partial charge in [-0.3, -0.25) is 19.5 Å². The average molecular weight is 663 g/mol. The van der Waals surface area contributed by atoms with E-state index in [-0.39, 0.29) is 23.4 Å². The quantitative estimate of drug-likeness (QED) is 0.155. The monoisotopic (exact) mass is 663 g/mol. The van der Waals surface area contributed by atoms with Gasteiger partial charge >= 0.3 is 5.97 Å². The van der Waals surface area contributed by atoms with Gasteiger partial charge in [0.2, 0.25) is 0 Å². The summed E-state index contributed by atoms with van der Waals surface area (Å²) in [4.78, 5) is 43.1. The van der Waals surface area contributed by atoms with Crippen molar-refractivity contribution in [2.24, 2.45) is 4.99 Å². The molecule has 0 unspecified atom stereocenters. The van der Waals surface area contributed by atoms with Crippen molar-refractivity contribution in [1.29, 1.82) is 0 Å². The zero-order valence-corrected chi connectivity index (χ0v) is 24.9. The van der Waals surface area contributed by atoms with Crippen LogP contribution >= 0.6 is 33.9 Å². The second-order valence-corrected chi connectivity index (χ2v) is 10.7. The van der Waals surface area contributed by atoms with Gasteiger partial charge in [-0.1, -0.05) is 23.5 Å². The molecule has 2 aromatic carbocycles. The van der Waals surface area contributed by atoms with Crippen LogP contribution in [0.2, 0.25) is 0 Å². The van der Waals surface area contributed by atoms with Crippen molar-refractivity contribution in [3.63, 3.8) is 0 Å². The SMILES string of the molecule is CCOC(=O)C1=C(C)N=c2s/c(=C/c3cc(I)c(OCC)c(OC)c3)c(=O)n2[C@H]1c1ccc(C)c([N+](=O)[O-])c1. The van der Waals surface area contributed by atoms with E-state index < -0.39 is 16.9 Å². The number of carbonyl (C=O) groups excluding carboxylic acids is 1. The highest BCUT2D eigenvalue weighted by Crippen LogP contribution is 2.35. The number of rotatable bonds is 8. The molecule has 0 amide bonds. The average Bonchev–Trinajstić information content (AvgIpc) is 3.19. The Bertz CT molecular complexity index is 1690. The maximum atomic E-state index is 13.8. The van der Waals surface area contributed by atoms with Crippen molar-refractivity contribution in [1.82, 2.24) is 4.57 Å². The fourth-order valence-corrected chi connectivity index (χ4v) is 6.19. The van der Waals surface area contributed by atoms with E-state index in [9.17, 15) is 19.7 Å². The van der Waals surface area contributed by atoms with Crippen LogP contribution in [0, 0.1) is 20.6 Å². The summed E-state index contributed by atoms with van der Waals surface area (Å²) in [5, 5.41) is 11.7. The molecule has 1 aromatic heterocycles. The molecule has 1 aliphatic heterocycles. The number of nitro benzene ring substituents is 1. The topological polar surface area (TPSA) is 122 Å². The van der Waals surface area contributed by atoms with Crippen LogP contribution < -0.4 is 24.4 Å². The number of hydrogen-bond acceptors (Lipinski definition) is 9. The highest BCUT2D eigenvalue weighted by atomic mass is 127. The van der Waals surface area contributed by atoms with Crippen molar-refractivity contribution in [2.75, 3.05) is 20.3 Å². The first kappa shape index (κ1) is 28.5.